The van der Waals surface area contributed by atoms with Gasteiger partial charge in [0.05, 0.1) is 6.20 Å². The molecular weight excluding hydrogens is 202 g/mol. The molecule has 1 rings (SSSR count). The highest BCUT2D eigenvalue weighted by Gasteiger charge is 2.44. The van der Waals surface area contributed by atoms with Crippen molar-refractivity contribution in [2.45, 2.75) is 19.5 Å². The Balaban J connectivity index is 2.78. The number of alkyl halides is 4. The highest BCUT2D eigenvalue weighted by Crippen LogP contribution is 2.27. The van der Waals surface area contributed by atoms with Crippen LogP contribution in [0.15, 0.2) is 18.5 Å². The molecule has 0 aliphatic carbocycles. The summed E-state index contributed by atoms with van der Waals surface area (Å²) in [6.07, 6.45) is -5.99. The number of ether oxygens (including phenoxy) is 1. The summed E-state index contributed by atoms with van der Waals surface area (Å²) in [6.45, 7) is 1.58. The van der Waals surface area contributed by atoms with E-state index in [-0.39, 0.29) is 5.75 Å². The Morgan fingerprint density at radius 3 is 2.50 bits per heavy atom. The molecule has 0 bridgehead atoms. The van der Waals surface area contributed by atoms with Crippen LogP contribution in [-0.4, -0.2) is 17.5 Å². The average Bonchev–Trinajstić information content (AvgIpc) is 2.02. The number of nitrogens with zero attached hydrogens (tertiary/aromatic N) is 1. The summed E-state index contributed by atoms with van der Waals surface area (Å²) >= 11 is 0. The fourth-order valence-corrected chi connectivity index (χ4v) is 0.785. The largest absolute Gasteiger partial charge is 0.461 e. The molecule has 2 nitrogen and oxygen atoms in total. The summed E-state index contributed by atoms with van der Waals surface area (Å²) in [6, 6.07) is 1.20. The first-order chi connectivity index (χ1) is 6.42. The molecule has 0 aliphatic heterocycles. The van der Waals surface area contributed by atoms with Gasteiger partial charge in [0.25, 0.3) is 0 Å². The molecule has 0 N–H and O–H groups in total. The molecule has 78 valence electrons. The van der Waals surface area contributed by atoms with Crippen LogP contribution in [0.5, 0.6) is 5.75 Å². The summed E-state index contributed by atoms with van der Waals surface area (Å²) in [5.74, 6) is -0.379. The minimum atomic E-state index is -4.48. The zero-order valence-electron chi connectivity index (χ0n) is 7.18. The van der Waals surface area contributed by atoms with E-state index in [1.54, 1.807) is 6.92 Å². The van der Waals surface area contributed by atoms with Crippen molar-refractivity contribution in [3.8, 4) is 5.75 Å². The van der Waals surface area contributed by atoms with Crippen molar-refractivity contribution in [2.75, 3.05) is 0 Å². The van der Waals surface area contributed by atoms with Gasteiger partial charge < -0.3 is 4.74 Å². The molecule has 0 aliphatic rings. The molecule has 0 saturated heterocycles. The van der Waals surface area contributed by atoms with Crippen molar-refractivity contribution in [3.05, 3.63) is 24.0 Å². The standard InChI is InChI=1S/C8H7F4NO/c1-5-2-6(4-13-3-5)14-8(11,12)7(9)10/h2-4,7H,1H3. The second-order valence-corrected chi connectivity index (χ2v) is 2.66. The van der Waals surface area contributed by atoms with E-state index in [1.165, 1.54) is 12.3 Å². The van der Waals surface area contributed by atoms with E-state index in [4.69, 9.17) is 0 Å². The van der Waals surface area contributed by atoms with Crippen molar-refractivity contribution in [1.82, 2.24) is 4.98 Å². The highest BCUT2D eigenvalue weighted by molar-refractivity contribution is 5.22. The number of rotatable bonds is 3. The van der Waals surface area contributed by atoms with Gasteiger partial charge in [-0.05, 0) is 18.6 Å². The van der Waals surface area contributed by atoms with E-state index >= 15 is 0 Å². The van der Waals surface area contributed by atoms with Gasteiger partial charge in [0, 0.05) is 6.20 Å². The summed E-state index contributed by atoms with van der Waals surface area (Å²) in [4.78, 5) is 3.52. The van der Waals surface area contributed by atoms with Crippen LogP contribution in [0.25, 0.3) is 0 Å². The van der Waals surface area contributed by atoms with E-state index in [2.05, 4.69) is 9.72 Å². The van der Waals surface area contributed by atoms with Crippen LogP contribution in [0.1, 0.15) is 5.56 Å². The number of hydrogen-bond acceptors (Lipinski definition) is 2. The normalized spacial score (nSPS) is 11.9. The third-order valence-corrected chi connectivity index (χ3v) is 1.36. The van der Waals surface area contributed by atoms with Gasteiger partial charge in [0.2, 0.25) is 0 Å². The number of pyridine rings is 1. The van der Waals surface area contributed by atoms with Crippen molar-refractivity contribution in [3.63, 3.8) is 0 Å². The molecule has 0 saturated carbocycles. The smallest absolute Gasteiger partial charge is 0.427 e. The van der Waals surface area contributed by atoms with Crippen LogP contribution in [-0.2, 0) is 0 Å². The highest BCUT2D eigenvalue weighted by atomic mass is 19.3. The molecular formula is C8H7F4NO. The van der Waals surface area contributed by atoms with Crippen molar-refractivity contribution in [1.29, 1.82) is 0 Å². The molecule has 0 unspecified atom stereocenters. The maximum absolute atomic E-state index is 12.4. The summed E-state index contributed by atoms with van der Waals surface area (Å²) < 4.78 is 51.9. The van der Waals surface area contributed by atoms with E-state index in [0.29, 0.717) is 5.56 Å². The Kier molecular flexibility index (Phi) is 2.93. The van der Waals surface area contributed by atoms with Gasteiger partial charge in [-0.2, -0.15) is 17.6 Å². The number of hydrogen-bond donors (Lipinski definition) is 0. The van der Waals surface area contributed by atoms with E-state index < -0.39 is 12.5 Å². The third-order valence-electron chi connectivity index (χ3n) is 1.36. The Hall–Kier alpha value is -1.33. The quantitative estimate of drug-likeness (QED) is 0.714. The second-order valence-electron chi connectivity index (χ2n) is 2.66. The van der Waals surface area contributed by atoms with Gasteiger partial charge in [-0.15, -0.1) is 0 Å². The second kappa shape index (κ2) is 3.81. The van der Waals surface area contributed by atoms with Crippen molar-refractivity contribution in [2.24, 2.45) is 0 Å². The minimum Gasteiger partial charge on any atom is -0.427 e. The fourth-order valence-electron chi connectivity index (χ4n) is 0.785. The molecule has 14 heavy (non-hydrogen) atoms. The number of aryl methyl sites for hydroxylation is 1. The molecule has 0 spiro atoms. The van der Waals surface area contributed by atoms with Crippen LogP contribution < -0.4 is 4.74 Å². The van der Waals surface area contributed by atoms with E-state index in [1.807, 2.05) is 0 Å². The first-order valence-corrected chi connectivity index (χ1v) is 3.68. The Morgan fingerprint density at radius 2 is 2.00 bits per heavy atom. The topological polar surface area (TPSA) is 22.1 Å². The van der Waals surface area contributed by atoms with Crippen molar-refractivity contribution < 1.29 is 22.3 Å². The van der Waals surface area contributed by atoms with E-state index in [9.17, 15) is 17.6 Å². The van der Waals surface area contributed by atoms with Gasteiger partial charge in [-0.3, -0.25) is 4.98 Å². The lowest BCUT2D eigenvalue weighted by atomic mass is 10.3. The molecule has 6 heteroatoms. The Morgan fingerprint density at radius 1 is 1.36 bits per heavy atom. The first-order valence-electron chi connectivity index (χ1n) is 3.68. The zero-order chi connectivity index (χ0) is 10.8. The number of halogens is 4. The lowest BCUT2D eigenvalue weighted by Gasteiger charge is -2.16. The molecule has 0 amide bonds. The Labute approximate surface area is 77.5 Å². The zero-order valence-corrected chi connectivity index (χ0v) is 7.18. The van der Waals surface area contributed by atoms with Gasteiger partial charge >= 0.3 is 12.5 Å². The third kappa shape index (κ3) is 2.58. The maximum atomic E-state index is 12.4. The SMILES string of the molecule is Cc1cncc(OC(F)(F)C(F)F)c1. The molecule has 1 aromatic rings. The average molecular weight is 209 g/mol. The summed E-state index contributed by atoms with van der Waals surface area (Å²) in [7, 11) is 0. The monoisotopic (exact) mass is 209 g/mol. The van der Waals surface area contributed by atoms with Crippen LogP contribution in [0.2, 0.25) is 0 Å². The van der Waals surface area contributed by atoms with Gasteiger partial charge in [0.1, 0.15) is 5.75 Å². The predicted octanol–water partition coefficient (Wildman–Crippen LogP) is 2.63. The van der Waals surface area contributed by atoms with E-state index in [0.717, 1.165) is 6.20 Å². The number of aromatic nitrogens is 1. The van der Waals surface area contributed by atoms with Crippen LogP contribution >= 0.6 is 0 Å². The van der Waals surface area contributed by atoms with Crippen LogP contribution in [0.3, 0.4) is 0 Å². The summed E-state index contributed by atoms with van der Waals surface area (Å²) in [5, 5.41) is 0. The van der Waals surface area contributed by atoms with Crippen molar-refractivity contribution >= 4 is 0 Å². The molecule has 1 aromatic heterocycles. The molecule has 0 atom stereocenters. The Bertz CT molecular complexity index is 316. The minimum absolute atomic E-state index is 0.379. The first kappa shape index (κ1) is 10.7. The van der Waals surface area contributed by atoms with Gasteiger partial charge in [-0.25, -0.2) is 0 Å². The van der Waals surface area contributed by atoms with Gasteiger partial charge in [-0.1, -0.05) is 0 Å². The lowest BCUT2D eigenvalue weighted by molar-refractivity contribution is -0.253. The molecule has 1 heterocycles. The van der Waals surface area contributed by atoms with Crippen LogP contribution in [0.4, 0.5) is 17.6 Å². The maximum Gasteiger partial charge on any atom is 0.461 e. The molecule has 0 aromatic carbocycles. The van der Waals surface area contributed by atoms with Gasteiger partial charge in [0.15, 0.2) is 0 Å². The molecule has 0 radical (unpaired) electrons. The predicted molar refractivity (Wildman–Crippen MR) is 40.6 cm³/mol. The van der Waals surface area contributed by atoms with Crippen LogP contribution in [0, 0.1) is 6.92 Å². The lowest BCUT2D eigenvalue weighted by Crippen LogP contribution is -2.33. The summed E-state index contributed by atoms with van der Waals surface area (Å²) in [5.41, 5.74) is 0.549. The fraction of sp³-hybridized carbons (Fsp3) is 0.375. The molecule has 0 fully saturated rings.